The van der Waals surface area contributed by atoms with Gasteiger partial charge >= 0.3 is 5.97 Å². The summed E-state index contributed by atoms with van der Waals surface area (Å²) in [6.45, 7) is 0.644. The molecule has 1 N–H and O–H groups in total. The zero-order chi connectivity index (χ0) is 12.1. The molecule has 17 heavy (non-hydrogen) atoms. The molecule has 1 aromatic rings. The standard InChI is InChI=1S/C13H16O4/c14-11(12-6-7-13(15)17-12)9-16-8-10-4-2-1-3-5-10/h1-5,11-12,14H,6-9H2/t11-,12+/m1/s1. The van der Waals surface area contributed by atoms with Gasteiger partial charge in [0.05, 0.1) is 13.2 Å². The summed E-state index contributed by atoms with van der Waals surface area (Å²) in [6, 6.07) is 9.74. The number of cyclic esters (lactones) is 1. The van der Waals surface area contributed by atoms with Crippen LogP contribution in [0, 0.1) is 0 Å². The first-order valence-electron chi connectivity index (χ1n) is 5.75. The molecule has 2 atom stereocenters. The third-order valence-corrected chi connectivity index (χ3v) is 2.75. The van der Waals surface area contributed by atoms with Gasteiger partial charge in [0, 0.05) is 6.42 Å². The Labute approximate surface area is 100 Å². The minimum absolute atomic E-state index is 0.187. The van der Waals surface area contributed by atoms with Crippen molar-refractivity contribution in [3.05, 3.63) is 35.9 Å². The first-order chi connectivity index (χ1) is 8.25. The van der Waals surface area contributed by atoms with Crippen LogP contribution in [0.5, 0.6) is 0 Å². The van der Waals surface area contributed by atoms with E-state index in [2.05, 4.69) is 0 Å². The molecule has 1 heterocycles. The van der Waals surface area contributed by atoms with Crippen molar-refractivity contribution in [3.63, 3.8) is 0 Å². The third-order valence-electron chi connectivity index (χ3n) is 2.75. The average Bonchev–Trinajstić information content (AvgIpc) is 2.77. The smallest absolute Gasteiger partial charge is 0.306 e. The number of esters is 1. The zero-order valence-corrected chi connectivity index (χ0v) is 9.54. The molecule has 92 valence electrons. The summed E-state index contributed by atoms with van der Waals surface area (Å²) in [4.78, 5) is 10.9. The summed E-state index contributed by atoms with van der Waals surface area (Å²) in [5.41, 5.74) is 1.06. The Morgan fingerprint density at radius 1 is 1.41 bits per heavy atom. The minimum Gasteiger partial charge on any atom is -0.459 e. The van der Waals surface area contributed by atoms with Gasteiger partial charge in [-0.25, -0.2) is 0 Å². The number of carbonyl (C=O) groups is 1. The molecule has 2 rings (SSSR count). The molecule has 1 aliphatic rings. The van der Waals surface area contributed by atoms with Crippen LogP contribution in [-0.4, -0.2) is 29.9 Å². The lowest BCUT2D eigenvalue weighted by atomic mass is 10.1. The molecule has 0 saturated carbocycles. The summed E-state index contributed by atoms with van der Waals surface area (Å²) in [5, 5.41) is 9.74. The van der Waals surface area contributed by atoms with Crippen LogP contribution >= 0.6 is 0 Å². The van der Waals surface area contributed by atoms with E-state index in [4.69, 9.17) is 9.47 Å². The Hall–Kier alpha value is -1.39. The Kier molecular flexibility index (Phi) is 4.12. The van der Waals surface area contributed by atoms with Crippen LogP contribution < -0.4 is 0 Å². The van der Waals surface area contributed by atoms with E-state index in [9.17, 15) is 9.90 Å². The van der Waals surface area contributed by atoms with Gasteiger partial charge in [-0.2, -0.15) is 0 Å². The van der Waals surface area contributed by atoms with Gasteiger partial charge in [-0.3, -0.25) is 4.79 Å². The van der Waals surface area contributed by atoms with Gasteiger partial charge in [0.25, 0.3) is 0 Å². The lowest BCUT2D eigenvalue weighted by Crippen LogP contribution is -2.30. The Balaban J connectivity index is 1.70. The quantitative estimate of drug-likeness (QED) is 0.782. The molecule has 4 heteroatoms. The van der Waals surface area contributed by atoms with Crippen molar-refractivity contribution < 1.29 is 19.4 Å². The van der Waals surface area contributed by atoms with Gasteiger partial charge in [-0.1, -0.05) is 30.3 Å². The molecule has 4 nitrogen and oxygen atoms in total. The predicted molar refractivity (Wildman–Crippen MR) is 61.2 cm³/mol. The van der Waals surface area contributed by atoms with E-state index in [0.717, 1.165) is 5.56 Å². The van der Waals surface area contributed by atoms with E-state index in [1.54, 1.807) is 0 Å². The fourth-order valence-electron chi connectivity index (χ4n) is 1.80. The van der Waals surface area contributed by atoms with Gasteiger partial charge in [0.15, 0.2) is 0 Å². The van der Waals surface area contributed by atoms with Crippen molar-refractivity contribution in [1.82, 2.24) is 0 Å². The molecule has 0 radical (unpaired) electrons. The van der Waals surface area contributed by atoms with E-state index in [1.165, 1.54) is 0 Å². The van der Waals surface area contributed by atoms with Crippen molar-refractivity contribution in [1.29, 1.82) is 0 Å². The molecule has 0 unspecified atom stereocenters. The van der Waals surface area contributed by atoms with Crippen LogP contribution in [0.15, 0.2) is 30.3 Å². The van der Waals surface area contributed by atoms with Gasteiger partial charge < -0.3 is 14.6 Å². The van der Waals surface area contributed by atoms with Gasteiger partial charge in [-0.15, -0.1) is 0 Å². The average molecular weight is 236 g/mol. The van der Waals surface area contributed by atoms with Gasteiger partial charge in [0.1, 0.15) is 12.2 Å². The number of rotatable bonds is 5. The van der Waals surface area contributed by atoms with E-state index in [0.29, 0.717) is 19.4 Å². The molecule has 1 aliphatic heterocycles. The van der Waals surface area contributed by atoms with Crippen molar-refractivity contribution in [3.8, 4) is 0 Å². The second-order valence-electron chi connectivity index (χ2n) is 4.14. The second kappa shape index (κ2) is 5.80. The number of benzene rings is 1. The van der Waals surface area contributed by atoms with Crippen LogP contribution in [0.25, 0.3) is 0 Å². The van der Waals surface area contributed by atoms with E-state index in [-0.39, 0.29) is 12.6 Å². The number of hydrogen-bond acceptors (Lipinski definition) is 4. The SMILES string of the molecule is O=C1CC[C@@H]([C@H](O)COCc2ccccc2)O1. The summed E-state index contributed by atoms with van der Waals surface area (Å²) >= 11 is 0. The van der Waals surface area contributed by atoms with Crippen molar-refractivity contribution in [2.24, 2.45) is 0 Å². The molecule has 0 spiro atoms. The van der Waals surface area contributed by atoms with E-state index in [1.807, 2.05) is 30.3 Å². The maximum Gasteiger partial charge on any atom is 0.306 e. The summed E-state index contributed by atoms with van der Waals surface area (Å²) in [6.07, 6.45) is -0.168. The first kappa shape index (κ1) is 12.1. The van der Waals surface area contributed by atoms with E-state index < -0.39 is 12.2 Å². The monoisotopic (exact) mass is 236 g/mol. The largest absolute Gasteiger partial charge is 0.459 e. The predicted octanol–water partition coefficient (Wildman–Crippen LogP) is 1.27. The van der Waals surface area contributed by atoms with Crippen LogP contribution in [0.3, 0.4) is 0 Å². The highest BCUT2D eigenvalue weighted by molar-refractivity contribution is 5.71. The number of carbonyl (C=O) groups excluding carboxylic acids is 1. The summed E-state index contributed by atoms with van der Waals surface area (Å²) < 4.78 is 10.3. The van der Waals surface area contributed by atoms with Crippen LogP contribution in [-0.2, 0) is 20.9 Å². The molecule has 1 aromatic carbocycles. The molecule has 1 saturated heterocycles. The number of hydrogen-bond donors (Lipinski definition) is 1. The molecule has 0 aromatic heterocycles. The topological polar surface area (TPSA) is 55.8 Å². The lowest BCUT2D eigenvalue weighted by molar-refractivity contribution is -0.147. The molecule has 0 aliphatic carbocycles. The number of aliphatic hydroxyl groups excluding tert-OH is 1. The van der Waals surface area contributed by atoms with Gasteiger partial charge in [-0.05, 0) is 12.0 Å². The first-order valence-corrected chi connectivity index (χ1v) is 5.75. The third kappa shape index (κ3) is 3.54. The molecule has 0 amide bonds. The fourth-order valence-corrected chi connectivity index (χ4v) is 1.80. The molecule has 1 fully saturated rings. The van der Waals surface area contributed by atoms with Crippen LogP contribution in [0.4, 0.5) is 0 Å². The van der Waals surface area contributed by atoms with Crippen LogP contribution in [0.2, 0.25) is 0 Å². The lowest BCUT2D eigenvalue weighted by Gasteiger charge is -2.16. The normalized spacial score (nSPS) is 21.2. The van der Waals surface area contributed by atoms with Crippen molar-refractivity contribution >= 4 is 5.97 Å². The maximum atomic E-state index is 10.9. The molecular weight excluding hydrogens is 220 g/mol. The highest BCUT2D eigenvalue weighted by Gasteiger charge is 2.29. The highest BCUT2D eigenvalue weighted by Crippen LogP contribution is 2.17. The summed E-state index contributed by atoms with van der Waals surface area (Å²) in [7, 11) is 0. The molecule has 0 bridgehead atoms. The number of aliphatic hydroxyl groups is 1. The van der Waals surface area contributed by atoms with Gasteiger partial charge in [0.2, 0.25) is 0 Å². The Morgan fingerprint density at radius 2 is 2.18 bits per heavy atom. The zero-order valence-electron chi connectivity index (χ0n) is 9.54. The van der Waals surface area contributed by atoms with Crippen molar-refractivity contribution in [2.75, 3.05) is 6.61 Å². The second-order valence-corrected chi connectivity index (χ2v) is 4.14. The van der Waals surface area contributed by atoms with E-state index >= 15 is 0 Å². The molecular formula is C13H16O4. The maximum absolute atomic E-state index is 10.9. The van der Waals surface area contributed by atoms with Crippen LogP contribution in [0.1, 0.15) is 18.4 Å². The Bertz CT molecular complexity index is 363. The fraction of sp³-hybridized carbons (Fsp3) is 0.462. The summed E-state index contributed by atoms with van der Waals surface area (Å²) in [5.74, 6) is -0.239. The minimum atomic E-state index is -0.731. The Morgan fingerprint density at radius 3 is 2.82 bits per heavy atom. The highest BCUT2D eigenvalue weighted by atomic mass is 16.6. The number of ether oxygens (including phenoxy) is 2. The van der Waals surface area contributed by atoms with Crippen molar-refractivity contribution in [2.45, 2.75) is 31.7 Å².